The van der Waals surface area contributed by atoms with Gasteiger partial charge in [-0.25, -0.2) is 14.4 Å². The Balaban J connectivity index is 1.46. The molecule has 0 saturated heterocycles. The molecule has 1 saturated carbocycles. The summed E-state index contributed by atoms with van der Waals surface area (Å²) in [7, 11) is 0. The van der Waals surface area contributed by atoms with Crippen LogP contribution in [-0.2, 0) is 13.0 Å². The molecule has 1 aliphatic carbocycles. The molecule has 0 amide bonds. The number of benzene rings is 1. The lowest BCUT2D eigenvalue weighted by atomic mass is 10.0. The molecule has 5 N–H and O–H groups in total. The van der Waals surface area contributed by atoms with Crippen LogP contribution in [0.15, 0.2) is 30.7 Å². The Morgan fingerprint density at radius 1 is 1.24 bits per heavy atom. The number of nitrogens with two attached hydrogens (primary N) is 1. The van der Waals surface area contributed by atoms with E-state index in [1.807, 2.05) is 12.1 Å². The number of fused-ring (bicyclic) bond motifs is 2. The normalized spacial score (nSPS) is 26.6. The van der Waals surface area contributed by atoms with E-state index in [4.69, 9.17) is 10.5 Å². The molecule has 2 aromatic heterocycles. The summed E-state index contributed by atoms with van der Waals surface area (Å²) in [6.45, 7) is 1.62. The van der Waals surface area contributed by atoms with Gasteiger partial charge in [-0.3, -0.25) is 0 Å². The zero-order chi connectivity index (χ0) is 20.1. The van der Waals surface area contributed by atoms with Gasteiger partial charge in [0.25, 0.3) is 0 Å². The molecule has 152 valence electrons. The lowest BCUT2D eigenvalue weighted by molar-refractivity contribution is -0.0166. The molecule has 2 aliphatic rings. The smallest absolute Gasteiger partial charge is 0.154 e. The van der Waals surface area contributed by atoms with Crippen molar-refractivity contribution in [1.29, 1.82) is 0 Å². The van der Waals surface area contributed by atoms with Gasteiger partial charge in [0.05, 0.1) is 11.4 Å². The van der Waals surface area contributed by atoms with Crippen molar-refractivity contribution in [3.05, 3.63) is 47.7 Å². The van der Waals surface area contributed by atoms with Crippen molar-refractivity contribution in [2.75, 3.05) is 12.3 Å². The first-order valence-electron chi connectivity index (χ1n) is 9.65. The number of ether oxygens (including phenoxy) is 1. The first kappa shape index (κ1) is 18.3. The van der Waals surface area contributed by atoms with Gasteiger partial charge in [-0.2, -0.15) is 0 Å². The molecule has 1 aromatic carbocycles. The van der Waals surface area contributed by atoms with Gasteiger partial charge in [0.1, 0.15) is 41.9 Å². The molecule has 0 unspecified atom stereocenters. The summed E-state index contributed by atoms with van der Waals surface area (Å²) < 4.78 is 22.1. The van der Waals surface area contributed by atoms with Crippen LogP contribution in [0.3, 0.4) is 0 Å². The Kier molecular flexibility index (Phi) is 4.38. The van der Waals surface area contributed by atoms with Crippen molar-refractivity contribution in [3.63, 3.8) is 0 Å². The van der Waals surface area contributed by atoms with E-state index in [9.17, 15) is 14.6 Å². The molecule has 0 spiro atoms. The maximum absolute atomic E-state index is 14.4. The number of nitrogens with zero attached hydrogens (tertiary/aromatic N) is 3. The zero-order valence-corrected chi connectivity index (χ0v) is 15.6. The molecule has 4 atom stereocenters. The largest absolute Gasteiger partial charge is 0.487 e. The number of anilines is 1. The third-order valence-electron chi connectivity index (χ3n) is 5.93. The van der Waals surface area contributed by atoms with E-state index in [0.717, 1.165) is 18.5 Å². The number of aliphatic hydroxyl groups is 2. The number of nitrogen functional groups attached to an aromatic ring is 1. The number of hydrogen-bond donors (Lipinski definition) is 4. The fourth-order valence-electron chi connectivity index (χ4n) is 4.43. The minimum absolute atomic E-state index is 0.0375. The topological polar surface area (TPSA) is 118 Å². The molecule has 0 bridgehead atoms. The number of aliphatic hydroxyl groups excluding tert-OH is 2. The van der Waals surface area contributed by atoms with Crippen molar-refractivity contribution in [2.45, 2.75) is 43.7 Å². The van der Waals surface area contributed by atoms with Crippen molar-refractivity contribution in [2.24, 2.45) is 0 Å². The summed E-state index contributed by atoms with van der Waals surface area (Å²) in [6.07, 6.45) is 0.821. The molecule has 29 heavy (non-hydrogen) atoms. The summed E-state index contributed by atoms with van der Waals surface area (Å²) in [5, 5.41) is 24.7. The van der Waals surface area contributed by atoms with Crippen LogP contribution in [0.2, 0.25) is 0 Å². The standard InChI is InChI=1S/C20H22FN5O3/c21-12-8-26(20-16(12)19(22)24-9-25-20)13-6-15(18(28)17(13)27)29-14-3-1-2-10-4-5-23-7-11(10)14/h1-3,8-9,13,15,17-18,23,27-28H,4-7H2,(H2,22,24,25)/t13-,15+,17+,18-/m1/s1. The predicted molar refractivity (Wildman–Crippen MR) is 104 cm³/mol. The van der Waals surface area contributed by atoms with E-state index in [1.54, 1.807) is 0 Å². The highest BCUT2D eigenvalue weighted by Gasteiger charge is 2.45. The van der Waals surface area contributed by atoms with Gasteiger partial charge in [-0.05, 0) is 24.6 Å². The lowest BCUT2D eigenvalue weighted by Crippen LogP contribution is -2.34. The summed E-state index contributed by atoms with van der Waals surface area (Å²) in [6, 6.07) is 5.28. The number of rotatable bonds is 3. The fourth-order valence-corrected chi connectivity index (χ4v) is 4.43. The summed E-state index contributed by atoms with van der Waals surface area (Å²) in [5.74, 6) is 0.171. The summed E-state index contributed by atoms with van der Waals surface area (Å²) >= 11 is 0. The summed E-state index contributed by atoms with van der Waals surface area (Å²) in [5.41, 5.74) is 8.35. The van der Waals surface area contributed by atoms with E-state index in [1.165, 1.54) is 22.7 Å². The van der Waals surface area contributed by atoms with Crippen LogP contribution in [-0.4, -0.2) is 49.6 Å². The summed E-state index contributed by atoms with van der Waals surface area (Å²) in [4.78, 5) is 7.95. The third kappa shape index (κ3) is 2.93. The first-order chi connectivity index (χ1) is 14.0. The van der Waals surface area contributed by atoms with Crippen molar-refractivity contribution in [3.8, 4) is 5.75 Å². The highest BCUT2D eigenvalue weighted by Crippen LogP contribution is 2.38. The molecule has 8 nitrogen and oxygen atoms in total. The van der Waals surface area contributed by atoms with Crippen molar-refractivity contribution >= 4 is 16.9 Å². The number of aromatic nitrogens is 3. The van der Waals surface area contributed by atoms with E-state index in [-0.39, 0.29) is 16.9 Å². The Bertz CT molecular complexity index is 1070. The average molecular weight is 399 g/mol. The van der Waals surface area contributed by atoms with E-state index in [0.29, 0.717) is 18.7 Å². The van der Waals surface area contributed by atoms with Crippen molar-refractivity contribution in [1.82, 2.24) is 19.9 Å². The molecule has 3 heterocycles. The van der Waals surface area contributed by atoms with E-state index in [2.05, 4.69) is 21.4 Å². The van der Waals surface area contributed by atoms with Crippen molar-refractivity contribution < 1.29 is 19.3 Å². The Labute approximate surface area is 166 Å². The van der Waals surface area contributed by atoms with Crippen LogP contribution in [0.4, 0.5) is 10.2 Å². The van der Waals surface area contributed by atoms with Gasteiger partial charge in [-0.1, -0.05) is 12.1 Å². The molecule has 9 heteroatoms. The van der Waals surface area contributed by atoms with Gasteiger partial charge in [0.2, 0.25) is 0 Å². The minimum atomic E-state index is -1.14. The van der Waals surface area contributed by atoms with Crippen LogP contribution in [0.5, 0.6) is 5.75 Å². The number of nitrogens with one attached hydrogen (secondary N) is 1. The zero-order valence-electron chi connectivity index (χ0n) is 15.6. The third-order valence-corrected chi connectivity index (χ3v) is 5.93. The average Bonchev–Trinajstić information content (AvgIpc) is 3.20. The number of hydrogen-bond acceptors (Lipinski definition) is 7. The molecule has 3 aromatic rings. The van der Waals surface area contributed by atoms with E-state index >= 15 is 0 Å². The van der Waals surface area contributed by atoms with Crippen LogP contribution >= 0.6 is 0 Å². The predicted octanol–water partition coefficient (Wildman–Crippen LogP) is 0.912. The molecule has 0 radical (unpaired) electrons. The SMILES string of the molecule is Nc1ncnc2c1c(F)cn2[C@@H]1C[C@H](Oc2cccc3c2CNCC3)[C@@H](O)[C@H]1O. The van der Waals surface area contributed by atoms with Gasteiger partial charge in [0, 0.05) is 24.7 Å². The fraction of sp³-hybridized carbons (Fsp3) is 0.400. The number of halogens is 1. The van der Waals surface area contributed by atoms with Gasteiger partial charge in [0.15, 0.2) is 5.82 Å². The maximum atomic E-state index is 14.4. The Morgan fingerprint density at radius 3 is 2.97 bits per heavy atom. The molecule has 1 fully saturated rings. The Morgan fingerprint density at radius 2 is 2.10 bits per heavy atom. The van der Waals surface area contributed by atoms with Crippen LogP contribution in [0.25, 0.3) is 11.0 Å². The molecule has 1 aliphatic heterocycles. The molecular formula is C20H22FN5O3. The quantitative estimate of drug-likeness (QED) is 0.517. The van der Waals surface area contributed by atoms with E-state index < -0.39 is 30.2 Å². The van der Waals surface area contributed by atoms with Crippen LogP contribution < -0.4 is 15.8 Å². The molecular weight excluding hydrogens is 377 g/mol. The first-order valence-corrected chi connectivity index (χ1v) is 9.65. The van der Waals surface area contributed by atoms with Gasteiger partial charge >= 0.3 is 0 Å². The van der Waals surface area contributed by atoms with Gasteiger partial charge < -0.3 is 30.6 Å². The van der Waals surface area contributed by atoms with Crippen LogP contribution in [0, 0.1) is 5.82 Å². The monoisotopic (exact) mass is 399 g/mol. The Hall–Kier alpha value is -2.75. The maximum Gasteiger partial charge on any atom is 0.154 e. The lowest BCUT2D eigenvalue weighted by Gasteiger charge is -2.24. The van der Waals surface area contributed by atoms with Gasteiger partial charge in [-0.15, -0.1) is 0 Å². The second-order valence-corrected chi connectivity index (χ2v) is 7.60. The molecule has 5 rings (SSSR count). The highest BCUT2D eigenvalue weighted by atomic mass is 19.1. The highest BCUT2D eigenvalue weighted by molar-refractivity contribution is 5.86. The minimum Gasteiger partial charge on any atom is -0.487 e. The second-order valence-electron chi connectivity index (χ2n) is 7.60. The van der Waals surface area contributed by atoms with Crippen LogP contribution in [0.1, 0.15) is 23.6 Å². The second kappa shape index (κ2) is 6.94.